The lowest BCUT2D eigenvalue weighted by Gasteiger charge is -2.43. The lowest BCUT2D eigenvalue weighted by atomic mass is 9.97. The summed E-state index contributed by atoms with van der Waals surface area (Å²) in [4.78, 5) is 18.0. The molecule has 35 heavy (non-hydrogen) atoms. The molecule has 1 heterocycles. The van der Waals surface area contributed by atoms with E-state index in [1.54, 1.807) is 6.07 Å². The van der Waals surface area contributed by atoms with Gasteiger partial charge >= 0.3 is 0 Å². The van der Waals surface area contributed by atoms with Crippen LogP contribution in [0.2, 0.25) is 10.0 Å². The molecule has 1 aliphatic rings. The molecule has 2 N–H and O–H groups in total. The molecule has 1 aliphatic heterocycles. The van der Waals surface area contributed by atoms with Crippen LogP contribution in [-0.2, 0) is 0 Å². The van der Waals surface area contributed by atoms with E-state index in [0.717, 1.165) is 22.4 Å². The molecule has 0 aromatic heterocycles. The molecular weight excluding hydrogens is 477 g/mol. The summed E-state index contributed by atoms with van der Waals surface area (Å²) in [6.45, 7) is 1.73. The molecule has 4 nitrogen and oxygen atoms in total. The fourth-order valence-corrected chi connectivity index (χ4v) is 5.03. The van der Waals surface area contributed by atoms with Crippen molar-refractivity contribution in [3.63, 3.8) is 0 Å². The van der Waals surface area contributed by atoms with Crippen LogP contribution in [0.5, 0.6) is 0 Å². The van der Waals surface area contributed by atoms with Crippen LogP contribution in [0.4, 0.5) is 11.4 Å². The second-order valence-corrected chi connectivity index (χ2v) is 9.50. The maximum absolute atomic E-state index is 13.8. The van der Waals surface area contributed by atoms with Crippen LogP contribution in [0, 0.1) is 0 Å². The van der Waals surface area contributed by atoms with Gasteiger partial charge in [-0.05, 0) is 53.1 Å². The lowest BCUT2D eigenvalue weighted by Crippen LogP contribution is -2.50. The van der Waals surface area contributed by atoms with Crippen LogP contribution in [0.15, 0.2) is 97.1 Å². The first-order chi connectivity index (χ1) is 17.0. The maximum atomic E-state index is 13.8. The molecule has 0 saturated carbocycles. The first kappa shape index (κ1) is 23.3. The van der Waals surface area contributed by atoms with Crippen LogP contribution in [0.25, 0.3) is 11.1 Å². The van der Waals surface area contributed by atoms with E-state index in [9.17, 15) is 4.79 Å². The van der Waals surface area contributed by atoms with Crippen molar-refractivity contribution in [2.45, 2.75) is 6.04 Å². The Bertz CT molecular complexity index is 1340. The minimum atomic E-state index is -0.0858. The molecule has 1 amide bonds. The largest absolute Gasteiger partial charge is 0.397 e. The molecule has 176 valence electrons. The van der Waals surface area contributed by atoms with Crippen molar-refractivity contribution < 1.29 is 4.79 Å². The number of nitrogen functional groups attached to an aromatic ring is 1. The Labute approximate surface area is 215 Å². The van der Waals surface area contributed by atoms with Gasteiger partial charge in [0.2, 0.25) is 0 Å². The van der Waals surface area contributed by atoms with Gasteiger partial charge in [0.05, 0.1) is 17.4 Å². The maximum Gasteiger partial charge on any atom is 0.254 e. The number of nitrogens with zero attached hydrogens (tertiary/aromatic N) is 2. The minimum Gasteiger partial charge on any atom is -0.397 e. The first-order valence-electron chi connectivity index (χ1n) is 11.5. The number of rotatable bonds is 4. The monoisotopic (exact) mass is 501 g/mol. The van der Waals surface area contributed by atoms with Crippen LogP contribution < -0.4 is 10.6 Å². The van der Waals surface area contributed by atoms with Gasteiger partial charge < -0.3 is 15.5 Å². The number of halogens is 2. The van der Waals surface area contributed by atoms with Gasteiger partial charge in [0.1, 0.15) is 0 Å². The van der Waals surface area contributed by atoms with Crippen molar-refractivity contribution in [1.29, 1.82) is 0 Å². The predicted molar refractivity (Wildman–Crippen MR) is 145 cm³/mol. The van der Waals surface area contributed by atoms with E-state index in [1.165, 1.54) is 0 Å². The number of hydrogen-bond donors (Lipinski definition) is 1. The van der Waals surface area contributed by atoms with Gasteiger partial charge in [0.25, 0.3) is 5.91 Å². The van der Waals surface area contributed by atoms with E-state index in [-0.39, 0.29) is 11.9 Å². The molecule has 6 heteroatoms. The van der Waals surface area contributed by atoms with Crippen molar-refractivity contribution in [1.82, 2.24) is 4.90 Å². The molecule has 1 unspecified atom stereocenters. The summed E-state index contributed by atoms with van der Waals surface area (Å²) in [5.41, 5.74) is 11.6. The molecule has 4 aromatic carbocycles. The standard InChI is InChI=1S/C29H25Cl2N3O/c30-22-12-10-21(11-13-22)28-19-33(16-17-34(28)27-15-14-23(31)18-26(27)32)29(35)25-9-5-4-8-24(25)20-6-2-1-3-7-20/h1-15,18,28H,16-17,19,32H2. The van der Waals surface area contributed by atoms with Gasteiger partial charge in [0, 0.05) is 35.2 Å². The molecule has 0 bridgehead atoms. The second-order valence-electron chi connectivity index (χ2n) is 8.63. The number of hydrogen-bond acceptors (Lipinski definition) is 3. The average Bonchev–Trinajstić information content (AvgIpc) is 2.89. The Hall–Kier alpha value is -3.47. The molecule has 0 aliphatic carbocycles. The van der Waals surface area contributed by atoms with Crippen molar-refractivity contribution in [2.24, 2.45) is 0 Å². The second kappa shape index (κ2) is 10.0. The quantitative estimate of drug-likeness (QED) is 0.308. The van der Waals surface area contributed by atoms with Crippen LogP contribution >= 0.6 is 23.2 Å². The van der Waals surface area contributed by atoms with Gasteiger partial charge in [-0.15, -0.1) is 0 Å². The summed E-state index contributed by atoms with van der Waals surface area (Å²) in [5, 5.41) is 1.27. The van der Waals surface area contributed by atoms with E-state index in [2.05, 4.69) is 4.90 Å². The zero-order valence-corrected chi connectivity index (χ0v) is 20.6. The number of nitrogens with two attached hydrogens (primary N) is 1. The third-order valence-electron chi connectivity index (χ3n) is 6.46. The number of carbonyl (C=O) groups is 1. The summed E-state index contributed by atoms with van der Waals surface area (Å²) in [6, 6.07) is 31.1. The van der Waals surface area contributed by atoms with Crippen LogP contribution in [0.3, 0.4) is 0 Å². The SMILES string of the molecule is Nc1cc(Cl)ccc1N1CCN(C(=O)c2ccccc2-c2ccccc2)CC1c1ccc(Cl)cc1. The van der Waals surface area contributed by atoms with E-state index in [1.807, 2.05) is 95.9 Å². The molecule has 0 radical (unpaired) electrons. The van der Waals surface area contributed by atoms with Crippen molar-refractivity contribution in [2.75, 3.05) is 30.3 Å². The smallest absolute Gasteiger partial charge is 0.254 e. The van der Waals surface area contributed by atoms with E-state index >= 15 is 0 Å². The minimum absolute atomic E-state index is 0.0205. The van der Waals surface area contributed by atoms with Gasteiger partial charge in [0.15, 0.2) is 0 Å². The van der Waals surface area contributed by atoms with E-state index in [0.29, 0.717) is 40.9 Å². The molecule has 1 atom stereocenters. The summed E-state index contributed by atoms with van der Waals surface area (Å²) >= 11 is 12.3. The number of benzene rings is 4. The number of carbonyl (C=O) groups excluding carboxylic acids is 1. The first-order valence-corrected chi connectivity index (χ1v) is 12.3. The van der Waals surface area contributed by atoms with Gasteiger partial charge in [-0.2, -0.15) is 0 Å². The number of amides is 1. The third-order valence-corrected chi connectivity index (χ3v) is 6.95. The van der Waals surface area contributed by atoms with E-state index in [4.69, 9.17) is 28.9 Å². The van der Waals surface area contributed by atoms with E-state index < -0.39 is 0 Å². The highest BCUT2D eigenvalue weighted by atomic mass is 35.5. The Morgan fingerprint density at radius 3 is 2.23 bits per heavy atom. The topological polar surface area (TPSA) is 49.6 Å². The molecule has 1 fully saturated rings. The fraction of sp³-hybridized carbons (Fsp3) is 0.138. The number of piperazine rings is 1. The molecule has 5 rings (SSSR count). The zero-order chi connectivity index (χ0) is 24.4. The molecule has 4 aromatic rings. The Kier molecular flexibility index (Phi) is 6.67. The van der Waals surface area contributed by atoms with Gasteiger partial charge in [-0.25, -0.2) is 0 Å². The highest BCUT2D eigenvalue weighted by molar-refractivity contribution is 6.31. The third kappa shape index (κ3) is 4.86. The highest BCUT2D eigenvalue weighted by Gasteiger charge is 2.33. The Morgan fingerprint density at radius 2 is 1.49 bits per heavy atom. The highest BCUT2D eigenvalue weighted by Crippen LogP contribution is 2.36. The molecule has 0 spiro atoms. The average molecular weight is 502 g/mol. The Balaban J connectivity index is 1.49. The number of anilines is 2. The van der Waals surface area contributed by atoms with Gasteiger partial charge in [-0.3, -0.25) is 4.79 Å². The van der Waals surface area contributed by atoms with Crippen LogP contribution in [-0.4, -0.2) is 30.4 Å². The summed E-state index contributed by atoms with van der Waals surface area (Å²) < 4.78 is 0. The summed E-state index contributed by atoms with van der Waals surface area (Å²) in [5.74, 6) is 0.0205. The zero-order valence-electron chi connectivity index (χ0n) is 19.1. The van der Waals surface area contributed by atoms with Crippen molar-refractivity contribution in [3.8, 4) is 11.1 Å². The predicted octanol–water partition coefficient (Wildman–Crippen LogP) is 6.95. The van der Waals surface area contributed by atoms with Crippen molar-refractivity contribution >= 4 is 40.5 Å². The molecule has 1 saturated heterocycles. The van der Waals surface area contributed by atoms with Gasteiger partial charge in [-0.1, -0.05) is 83.9 Å². The lowest BCUT2D eigenvalue weighted by molar-refractivity contribution is 0.0723. The van der Waals surface area contributed by atoms with Crippen molar-refractivity contribution in [3.05, 3.63) is 118 Å². The summed E-state index contributed by atoms with van der Waals surface area (Å²) in [6.07, 6.45) is 0. The van der Waals surface area contributed by atoms with Crippen LogP contribution in [0.1, 0.15) is 22.0 Å². The fourth-order valence-electron chi connectivity index (χ4n) is 4.72. The molecular formula is C29H25Cl2N3O. The summed E-state index contributed by atoms with van der Waals surface area (Å²) in [7, 11) is 0. The Morgan fingerprint density at radius 1 is 0.800 bits per heavy atom. The normalized spacial score (nSPS) is 15.8.